The number of ether oxygens (including phenoxy) is 1. The molecule has 4 rings (SSSR count). The van der Waals surface area contributed by atoms with Gasteiger partial charge in [0.15, 0.2) is 0 Å². The number of nitrogens with two attached hydrogens (primary N) is 1. The highest BCUT2D eigenvalue weighted by molar-refractivity contribution is 5.78. The fourth-order valence-corrected chi connectivity index (χ4v) is 4.45. The molecule has 24 heavy (non-hydrogen) atoms. The summed E-state index contributed by atoms with van der Waals surface area (Å²) in [7, 11) is 0. The molecule has 4 heterocycles. The van der Waals surface area contributed by atoms with Crippen LogP contribution in [0, 0.1) is 11.3 Å². The minimum absolute atomic E-state index is 0.106. The van der Waals surface area contributed by atoms with Gasteiger partial charge in [-0.05, 0) is 18.9 Å². The summed E-state index contributed by atoms with van der Waals surface area (Å²) in [6.45, 7) is 4.16. The van der Waals surface area contributed by atoms with Gasteiger partial charge in [-0.25, -0.2) is 4.98 Å². The van der Waals surface area contributed by atoms with E-state index in [1.54, 1.807) is 12.3 Å². The van der Waals surface area contributed by atoms with E-state index in [1.165, 1.54) is 0 Å². The Morgan fingerprint density at radius 3 is 2.79 bits per heavy atom. The maximum absolute atomic E-state index is 12.1. The molecule has 3 aliphatic heterocycles. The van der Waals surface area contributed by atoms with E-state index in [0.717, 1.165) is 38.4 Å². The standard InChI is InChI=1S/C16H23N5O3/c17-15-18-4-1-13(19-15)21-8-11-7-20(12-2-5-24-6-3-12)9-16(11,10-21)14(22)23/h1,4,11-12H,2-3,5-10H2,(H,22,23)(H2,17,18,19)/t11?,16-/m1/s1. The van der Waals surface area contributed by atoms with Crippen molar-refractivity contribution in [1.29, 1.82) is 0 Å². The number of likely N-dealkylation sites (tertiary alicyclic amines) is 1. The van der Waals surface area contributed by atoms with E-state index in [4.69, 9.17) is 10.5 Å². The molecule has 3 N–H and O–H groups in total. The van der Waals surface area contributed by atoms with Gasteiger partial charge >= 0.3 is 5.97 Å². The molecule has 1 aromatic rings. The maximum Gasteiger partial charge on any atom is 0.313 e. The van der Waals surface area contributed by atoms with Gasteiger partial charge in [0.05, 0.1) is 0 Å². The van der Waals surface area contributed by atoms with Crippen LogP contribution in [0.25, 0.3) is 0 Å². The van der Waals surface area contributed by atoms with Gasteiger partial charge in [0.1, 0.15) is 11.2 Å². The van der Waals surface area contributed by atoms with Gasteiger partial charge in [-0.3, -0.25) is 9.69 Å². The molecule has 2 atom stereocenters. The minimum atomic E-state index is -0.724. The molecular weight excluding hydrogens is 310 g/mol. The number of rotatable bonds is 3. The lowest BCUT2D eigenvalue weighted by atomic mass is 9.81. The first-order valence-corrected chi connectivity index (χ1v) is 8.47. The summed E-state index contributed by atoms with van der Waals surface area (Å²) in [5.41, 5.74) is 4.94. The lowest BCUT2D eigenvalue weighted by Crippen LogP contribution is -2.44. The number of fused-ring (bicyclic) bond motifs is 1. The average molecular weight is 333 g/mol. The van der Waals surface area contributed by atoms with Gasteiger partial charge in [-0.15, -0.1) is 0 Å². The summed E-state index contributed by atoms with van der Waals surface area (Å²) in [6, 6.07) is 2.24. The Morgan fingerprint density at radius 2 is 2.12 bits per heavy atom. The zero-order valence-electron chi connectivity index (χ0n) is 13.6. The third-order valence-electron chi connectivity index (χ3n) is 5.75. The molecular formula is C16H23N5O3. The molecule has 1 unspecified atom stereocenters. The van der Waals surface area contributed by atoms with E-state index in [2.05, 4.69) is 14.9 Å². The molecule has 3 saturated heterocycles. The first kappa shape index (κ1) is 15.6. The van der Waals surface area contributed by atoms with Crippen LogP contribution in [0.1, 0.15) is 12.8 Å². The van der Waals surface area contributed by atoms with Crippen molar-refractivity contribution in [3.05, 3.63) is 12.3 Å². The van der Waals surface area contributed by atoms with Gasteiger partial charge in [0.2, 0.25) is 5.95 Å². The Hall–Kier alpha value is -1.93. The number of anilines is 2. The molecule has 0 bridgehead atoms. The van der Waals surface area contributed by atoms with Gasteiger partial charge in [0, 0.05) is 57.5 Å². The number of carboxylic acids is 1. The third kappa shape index (κ3) is 2.50. The maximum atomic E-state index is 12.1. The second kappa shape index (κ2) is 5.86. The molecule has 1 aromatic heterocycles. The van der Waals surface area contributed by atoms with Crippen LogP contribution >= 0.6 is 0 Å². The van der Waals surface area contributed by atoms with Crippen molar-refractivity contribution in [1.82, 2.24) is 14.9 Å². The lowest BCUT2D eigenvalue weighted by Gasteiger charge is -2.33. The highest BCUT2D eigenvalue weighted by atomic mass is 16.5. The van der Waals surface area contributed by atoms with Gasteiger partial charge in [-0.2, -0.15) is 4.98 Å². The summed E-state index contributed by atoms with van der Waals surface area (Å²) < 4.78 is 5.43. The van der Waals surface area contributed by atoms with Crippen LogP contribution in [-0.4, -0.2) is 71.4 Å². The van der Waals surface area contributed by atoms with Crippen molar-refractivity contribution in [3.8, 4) is 0 Å². The summed E-state index contributed by atoms with van der Waals surface area (Å²) in [5.74, 6) is 0.341. The molecule has 130 valence electrons. The molecule has 3 fully saturated rings. The lowest BCUT2D eigenvalue weighted by molar-refractivity contribution is -0.148. The highest BCUT2D eigenvalue weighted by Gasteiger charge is 2.58. The van der Waals surface area contributed by atoms with Gasteiger partial charge in [0.25, 0.3) is 0 Å². The number of aromatic nitrogens is 2. The normalized spacial score (nSPS) is 31.3. The number of carboxylic acid groups (broad SMARTS) is 1. The molecule has 0 aromatic carbocycles. The molecule has 0 radical (unpaired) electrons. The topological polar surface area (TPSA) is 105 Å². The number of aliphatic carboxylic acids is 1. The van der Waals surface area contributed by atoms with E-state index < -0.39 is 11.4 Å². The smallest absolute Gasteiger partial charge is 0.313 e. The summed E-state index contributed by atoms with van der Waals surface area (Å²) in [5, 5.41) is 9.97. The summed E-state index contributed by atoms with van der Waals surface area (Å²) in [4.78, 5) is 24.7. The van der Waals surface area contributed by atoms with Gasteiger partial charge in [-0.1, -0.05) is 0 Å². The second-order valence-corrected chi connectivity index (χ2v) is 7.08. The van der Waals surface area contributed by atoms with Crippen LogP contribution in [0.4, 0.5) is 11.8 Å². The van der Waals surface area contributed by atoms with E-state index in [1.807, 2.05) is 4.90 Å². The Labute approximate surface area is 140 Å². The second-order valence-electron chi connectivity index (χ2n) is 7.08. The molecule has 0 saturated carbocycles. The number of nitrogen functional groups attached to an aromatic ring is 1. The van der Waals surface area contributed by atoms with E-state index in [-0.39, 0.29) is 11.9 Å². The van der Waals surface area contributed by atoms with Crippen molar-refractivity contribution >= 4 is 17.7 Å². The number of hydrogen-bond acceptors (Lipinski definition) is 7. The number of carbonyl (C=O) groups is 1. The SMILES string of the molecule is Nc1nccc(N2CC3CN(C4CCOCC4)C[C@@]3(C(=O)O)C2)n1. The monoisotopic (exact) mass is 333 g/mol. The van der Waals surface area contributed by atoms with E-state index in [9.17, 15) is 9.90 Å². The average Bonchev–Trinajstić information content (AvgIpc) is 3.11. The van der Waals surface area contributed by atoms with Crippen molar-refractivity contribution in [2.75, 3.05) is 50.0 Å². The minimum Gasteiger partial charge on any atom is -0.481 e. The molecule has 0 amide bonds. The molecule has 0 aliphatic carbocycles. The van der Waals surface area contributed by atoms with Crippen LogP contribution in [0.15, 0.2) is 12.3 Å². The Morgan fingerprint density at radius 1 is 1.33 bits per heavy atom. The van der Waals surface area contributed by atoms with Crippen molar-refractivity contribution in [2.45, 2.75) is 18.9 Å². The Balaban J connectivity index is 1.54. The van der Waals surface area contributed by atoms with Crippen molar-refractivity contribution in [3.63, 3.8) is 0 Å². The largest absolute Gasteiger partial charge is 0.481 e. The number of nitrogens with zero attached hydrogens (tertiary/aromatic N) is 4. The first-order chi connectivity index (χ1) is 11.6. The van der Waals surface area contributed by atoms with Crippen molar-refractivity contribution < 1.29 is 14.6 Å². The zero-order valence-corrected chi connectivity index (χ0v) is 13.6. The molecule has 8 nitrogen and oxygen atoms in total. The van der Waals surface area contributed by atoms with Crippen LogP contribution in [0.5, 0.6) is 0 Å². The quantitative estimate of drug-likeness (QED) is 0.800. The predicted octanol–water partition coefficient (Wildman–Crippen LogP) is 0.0606. The van der Waals surface area contributed by atoms with Crippen molar-refractivity contribution in [2.24, 2.45) is 11.3 Å². The predicted molar refractivity (Wildman–Crippen MR) is 87.6 cm³/mol. The zero-order chi connectivity index (χ0) is 16.7. The fourth-order valence-electron chi connectivity index (χ4n) is 4.45. The number of hydrogen-bond donors (Lipinski definition) is 2. The first-order valence-electron chi connectivity index (χ1n) is 8.47. The van der Waals surface area contributed by atoms with Crippen LogP contribution in [0.2, 0.25) is 0 Å². The third-order valence-corrected chi connectivity index (χ3v) is 5.75. The van der Waals surface area contributed by atoms with E-state index >= 15 is 0 Å². The van der Waals surface area contributed by atoms with Gasteiger partial charge < -0.3 is 20.5 Å². The highest BCUT2D eigenvalue weighted by Crippen LogP contribution is 2.45. The molecule has 8 heteroatoms. The van der Waals surface area contributed by atoms with Crippen LogP contribution < -0.4 is 10.6 Å². The summed E-state index contributed by atoms with van der Waals surface area (Å²) in [6.07, 6.45) is 3.61. The Kier molecular flexibility index (Phi) is 3.80. The van der Waals surface area contributed by atoms with Crippen LogP contribution in [0.3, 0.4) is 0 Å². The summed E-state index contributed by atoms with van der Waals surface area (Å²) >= 11 is 0. The molecule has 3 aliphatic rings. The fraction of sp³-hybridized carbons (Fsp3) is 0.688. The molecule has 0 spiro atoms. The van der Waals surface area contributed by atoms with E-state index in [0.29, 0.717) is 25.7 Å². The van der Waals surface area contributed by atoms with Crippen LogP contribution in [-0.2, 0) is 9.53 Å². The Bertz CT molecular complexity index is 636.